The molecule has 5 nitrogen and oxygen atoms in total. The minimum atomic E-state index is -0.265. The molecule has 2 aliphatic rings. The molecule has 2 aromatic carbocycles. The molecular weight excluding hydrogens is 458 g/mol. The van der Waals surface area contributed by atoms with Crippen LogP contribution in [0.25, 0.3) is 17.2 Å². The molecule has 6 heteroatoms. The third-order valence-corrected chi connectivity index (χ3v) is 6.81. The van der Waals surface area contributed by atoms with Crippen molar-refractivity contribution in [2.45, 2.75) is 32.7 Å². The van der Waals surface area contributed by atoms with E-state index in [0.717, 1.165) is 54.4 Å². The standard InChI is InChI=1S/C25H25NO3S.C4H8O/c1-3-29-24-7-5-4-6-22(24)19-8-9-23-21(14-19)15-20(25(27)28-2)10-12-26(23)16-18-11-13-30-17-18;1-2-4-5-3-1/h4-9,11,13-15,17H,3,10,12,16H2,1-2H3;1-4H2. The van der Waals surface area contributed by atoms with Crippen LogP contribution in [-0.2, 0) is 20.8 Å². The number of rotatable bonds is 6. The monoisotopic (exact) mass is 491 g/mol. The molecule has 3 aromatic rings. The molecule has 5 rings (SSSR count). The summed E-state index contributed by atoms with van der Waals surface area (Å²) in [5, 5.41) is 4.27. The van der Waals surface area contributed by atoms with Gasteiger partial charge in [-0.1, -0.05) is 24.3 Å². The van der Waals surface area contributed by atoms with Crippen molar-refractivity contribution < 1.29 is 19.0 Å². The van der Waals surface area contributed by atoms with E-state index < -0.39 is 0 Å². The van der Waals surface area contributed by atoms with Gasteiger partial charge in [-0.3, -0.25) is 0 Å². The lowest BCUT2D eigenvalue weighted by molar-refractivity contribution is -0.136. The first-order valence-electron chi connectivity index (χ1n) is 12.2. The summed E-state index contributed by atoms with van der Waals surface area (Å²) < 4.78 is 15.8. The number of esters is 1. The second-order valence-corrected chi connectivity index (χ2v) is 9.27. The first kappa shape index (κ1) is 25.0. The summed E-state index contributed by atoms with van der Waals surface area (Å²) in [5.41, 5.74) is 6.23. The summed E-state index contributed by atoms with van der Waals surface area (Å²) in [6.07, 6.45) is 5.18. The number of hydrogen-bond donors (Lipinski definition) is 0. The van der Waals surface area contributed by atoms with Crippen LogP contribution in [0.15, 0.2) is 64.9 Å². The van der Waals surface area contributed by atoms with E-state index in [2.05, 4.69) is 46.0 Å². The Bertz CT molecular complexity index is 1130. The highest BCUT2D eigenvalue weighted by Gasteiger charge is 2.21. The zero-order valence-corrected chi connectivity index (χ0v) is 21.3. The maximum absolute atomic E-state index is 12.3. The number of fused-ring (bicyclic) bond motifs is 1. The highest BCUT2D eigenvalue weighted by Crippen LogP contribution is 2.36. The molecule has 0 atom stereocenters. The van der Waals surface area contributed by atoms with Gasteiger partial charge in [-0.05, 0) is 84.0 Å². The van der Waals surface area contributed by atoms with Gasteiger partial charge in [0.05, 0.1) is 13.7 Å². The Hall–Kier alpha value is -3.09. The van der Waals surface area contributed by atoms with E-state index in [-0.39, 0.29) is 5.97 Å². The molecule has 0 amide bonds. The number of carbonyl (C=O) groups is 1. The average molecular weight is 492 g/mol. The van der Waals surface area contributed by atoms with E-state index in [1.54, 1.807) is 11.3 Å². The van der Waals surface area contributed by atoms with Crippen molar-refractivity contribution in [3.8, 4) is 16.9 Å². The maximum atomic E-state index is 12.3. The summed E-state index contributed by atoms with van der Waals surface area (Å²) in [7, 11) is 1.44. The minimum absolute atomic E-state index is 0.265. The topological polar surface area (TPSA) is 48.0 Å². The molecule has 2 aliphatic heterocycles. The van der Waals surface area contributed by atoms with Crippen molar-refractivity contribution in [3.05, 3.63) is 76.0 Å². The zero-order chi connectivity index (χ0) is 24.5. The summed E-state index contributed by atoms with van der Waals surface area (Å²) in [5.74, 6) is 0.597. The lowest BCUT2D eigenvalue weighted by atomic mass is 9.99. The van der Waals surface area contributed by atoms with Gasteiger partial charge in [0.2, 0.25) is 0 Å². The number of para-hydroxylation sites is 1. The smallest absolute Gasteiger partial charge is 0.333 e. The van der Waals surface area contributed by atoms with Crippen molar-refractivity contribution in [1.29, 1.82) is 0 Å². The van der Waals surface area contributed by atoms with Crippen molar-refractivity contribution >= 4 is 29.1 Å². The van der Waals surface area contributed by atoms with E-state index >= 15 is 0 Å². The van der Waals surface area contributed by atoms with Gasteiger partial charge in [0.25, 0.3) is 0 Å². The number of methoxy groups -OCH3 is 1. The third kappa shape index (κ3) is 6.53. The summed E-state index contributed by atoms with van der Waals surface area (Å²) in [6, 6.07) is 16.6. The SMILES string of the molecule is C1CCOC1.CCOc1ccccc1-c1ccc2c(c1)C=C(C(=O)OC)CCN2Cc1ccsc1. The number of anilines is 1. The largest absolute Gasteiger partial charge is 0.493 e. The molecule has 0 saturated carbocycles. The van der Waals surface area contributed by atoms with E-state index in [1.807, 2.05) is 31.2 Å². The molecule has 1 fully saturated rings. The normalized spacial score (nSPS) is 14.8. The number of thiophene rings is 1. The molecule has 35 heavy (non-hydrogen) atoms. The fourth-order valence-electron chi connectivity index (χ4n) is 4.32. The molecule has 0 unspecified atom stereocenters. The van der Waals surface area contributed by atoms with E-state index in [9.17, 15) is 4.79 Å². The van der Waals surface area contributed by atoms with Crippen LogP contribution < -0.4 is 9.64 Å². The number of carbonyl (C=O) groups excluding carboxylic acids is 1. The van der Waals surface area contributed by atoms with Crippen LogP contribution in [0.5, 0.6) is 5.75 Å². The van der Waals surface area contributed by atoms with E-state index in [1.165, 1.54) is 25.5 Å². The van der Waals surface area contributed by atoms with Gasteiger partial charge in [0, 0.05) is 43.1 Å². The summed E-state index contributed by atoms with van der Waals surface area (Å²) in [4.78, 5) is 14.7. The first-order valence-corrected chi connectivity index (χ1v) is 13.1. The molecule has 0 bridgehead atoms. The van der Waals surface area contributed by atoms with Crippen molar-refractivity contribution in [3.63, 3.8) is 0 Å². The summed E-state index contributed by atoms with van der Waals surface area (Å²) in [6.45, 7) is 6.18. The number of nitrogens with zero attached hydrogens (tertiary/aromatic N) is 1. The van der Waals surface area contributed by atoms with Crippen LogP contribution in [0.1, 0.15) is 37.3 Å². The molecule has 0 spiro atoms. The molecule has 1 aromatic heterocycles. The fourth-order valence-corrected chi connectivity index (χ4v) is 4.98. The molecule has 3 heterocycles. The Morgan fingerprint density at radius 1 is 1.11 bits per heavy atom. The van der Waals surface area contributed by atoms with Crippen LogP contribution >= 0.6 is 11.3 Å². The van der Waals surface area contributed by atoms with Gasteiger partial charge in [0.1, 0.15) is 5.75 Å². The van der Waals surface area contributed by atoms with Crippen LogP contribution in [0.2, 0.25) is 0 Å². The lowest BCUT2D eigenvalue weighted by Crippen LogP contribution is -2.24. The van der Waals surface area contributed by atoms with Crippen molar-refractivity contribution in [2.75, 3.05) is 38.4 Å². The molecule has 1 saturated heterocycles. The van der Waals surface area contributed by atoms with Gasteiger partial charge in [0.15, 0.2) is 0 Å². The Balaban J connectivity index is 0.000000514. The van der Waals surface area contributed by atoms with Crippen LogP contribution in [-0.4, -0.2) is 39.4 Å². The first-order chi connectivity index (χ1) is 17.2. The van der Waals surface area contributed by atoms with Gasteiger partial charge in [-0.2, -0.15) is 11.3 Å². The highest BCUT2D eigenvalue weighted by atomic mass is 32.1. The van der Waals surface area contributed by atoms with Gasteiger partial charge in [-0.15, -0.1) is 0 Å². The molecule has 0 radical (unpaired) electrons. The predicted octanol–water partition coefficient (Wildman–Crippen LogP) is 6.58. The minimum Gasteiger partial charge on any atom is -0.493 e. The Morgan fingerprint density at radius 2 is 1.94 bits per heavy atom. The molecule has 184 valence electrons. The molecule has 0 aliphatic carbocycles. The Morgan fingerprint density at radius 3 is 2.63 bits per heavy atom. The number of ether oxygens (including phenoxy) is 3. The molecule has 0 N–H and O–H groups in total. The quantitative estimate of drug-likeness (QED) is 0.365. The second kappa shape index (κ2) is 12.6. The number of benzene rings is 2. The zero-order valence-electron chi connectivity index (χ0n) is 20.5. The van der Waals surface area contributed by atoms with Crippen LogP contribution in [0, 0.1) is 0 Å². The Labute approximate surface area is 211 Å². The second-order valence-electron chi connectivity index (χ2n) is 8.49. The lowest BCUT2D eigenvalue weighted by Gasteiger charge is -2.25. The average Bonchev–Trinajstić information content (AvgIpc) is 3.61. The maximum Gasteiger partial charge on any atom is 0.333 e. The van der Waals surface area contributed by atoms with Gasteiger partial charge >= 0.3 is 5.97 Å². The molecular formula is C29H33NO4S. The van der Waals surface area contributed by atoms with Gasteiger partial charge < -0.3 is 19.1 Å². The van der Waals surface area contributed by atoms with E-state index in [4.69, 9.17) is 14.2 Å². The predicted molar refractivity (Wildman–Crippen MR) is 143 cm³/mol. The van der Waals surface area contributed by atoms with Crippen molar-refractivity contribution in [1.82, 2.24) is 0 Å². The number of hydrogen-bond acceptors (Lipinski definition) is 6. The third-order valence-electron chi connectivity index (χ3n) is 6.08. The highest BCUT2D eigenvalue weighted by molar-refractivity contribution is 7.07. The Kier molecular flexibility index (Phi) is 8.98. The van der Waals surface area contributed by atoms with Crippen LogP contribution in [0.4, 0.5) is 5.69 Å². The van der Waals surface area contributed by atoms with E-state index in [0.29, 0.717) is 18.6 Å². The van der Waals surface area contributed by atoms with Crippen molar-refractivity contribution in [2.24, 2.45) is 0 Å². The summed E-state index contributed by atoms with van der Waals surface area (Å²) >= 11 is 1.70. The van der Waals surface area contributed by atoms with Crippen LogP contribution in [0.3, 0.4) is 0 Å². The fraction of sp³-hybridized carbons (Fsp3) is 0.345. The van der Waals surface area contributed by atoms with Gasteiger partial charge in [-0.25, -0.2) is 4.79 Å².